The molecule has 0 fully saturated rings. The van der Waals surface area contributed by atoms with Gasteiger partial charge in [-0.2, -0.15) is 18.3 Å². The van der Waals surface area contributed by atoms with Gasteiger partial charge in [-0.15, -0.1) is 10.2 Å². The number of benzene rings is 1. The maximum absolute atomic E-state index is 12.8. The average Bonchev–Trinajstić information content (AvgIpc) is 3.33. The molecule has 0 radical (unpaired) electrons. The van der Waals surface area contributed by atoms with Crippen molar-refractivity contribution < 1.29 is 13.2 Å². The number of nitrogens with two attached hydrogens (primary N) is 1. The lowest BCUT2D eigenvalue weighted by atomic mass is 10.0. The van der Waals surface area contributed by atoms with Crippen LogP contribution in [0.5, 0.6) is 0 Å². The van der Waals surface area contributed by atoms with E-state index in [-0.39, 0.29) is 6.04 Å². The third-order valence-corrected chi connectivity index (χ3v) is 5.47. The minimum Gasteiger partial charge on any atom is -0.359 e. The zero-order chi connectivity index (χ0) is 21.3. The Kier molecular flexibility index (Phi) is 5.39. The maximum Gasteiger partial charge on any atom is 0.416 e. The lowest BCUT2D eigenvalue weighted by molar-refractivity contribution is -0.137. The molecule has 7 nitrogen and oxygen atoms in total. The van der Waals surface area contributed by atoms with Crippen molar-refractivity contribution in [1.29, 1.82) is 0 Å². The van der Waals surface area contributed by atoms with E-state index in [1.165, 1.54) is 17.4 Å². The van der Waals surface area contributed by atoms with Crippen LogP contribution in [0.15, 0.2) is 36.5 Å². The average molecular weight is 433 g/mol. The number of aromatic nitrogens is 5. The van der Waals surface area contributed by atoms with Gasteiger partial charge in [0.05, 0.1) is 5.56 Å². The molecule has 4 aromatic rings. The van der Waals surface area contributed by atoms with Crippen LogP contribution in [0.4, 0.5) is 18.3 Å². The summed E-state index contributed by atoms with van der Waals surface area (Å²) in [5, 5.41) is 20.6. The Morgan fingerprint density at radius 1 is 1.23 bits per heavy atom. The molecule has 0 saturated carbocycles. The summed E-state index contributed by atoms with van der Waals surface area (Å²) in [5.41, 5.74) is 8.33. The number of hydrogen-bond donors (Lipinski definition) is 3. The number of H-pyrrole nitrogens is 1. The molecule has 4 N–H and O–H groups in total. The van der Waals surface area contributed by atoms with Crippen LogP contribution < -0.4 is 11.1 Å². The van der Waals surface area contributed by atoms with Crippen LogP contribution in [0, 0.1) is 6.92 Å². The SMILES string of the molecule is Cc1[nH]nc2ncc(-c3nnc(NC[C@@H](N)Cc4cccc(C(F)(F)F)c4)s3)cc12. The predicted molar refractivity (Wildman–Crippen MR) is 109 cm³/mol. The molecule has 1 aromatic carbocycles. The third-order valence-electron chi connectivity index (χ3n) is 4.54. The number of fused-ring (bicyclic) bond motifs is 1. The molecule has 30 heavy (non-hydrogen) atoms. The van der Waals surface area contributed by atoms with Crippen molar-refractivity contribution in [1.82, 2.24) is 25.4 Å². The number of anilines is 1. The largest absolute Gasteiger partial charge is 0.416 e. The van der Waals surface area contributed by atoms with E-state index in [1.807, 2.05) is 13.0 Å². The highest BCUT2D eigenvalue weighted by atomic mass is 32.1. The third kappa shape index (κ3) is 4.41. The first-order valence-corrected chi connectivity index (χ1v) is 9.91. The van der Waals surface area contributed by atoms with E-state index in [2.05, 4.69) is 30.7 Å². The smallest absolute Gasteiger partial charge is 0.359 e. The fourth-order valence-electron chi connectivity index (χ4n) is 3.02. The molecule has 0 amide bonds. The van der Waals surface area contributed by atoms with E-state index < -0.39 is 11.7 Å². The summed E-state index contributed by atoms with van der Waals surface area (Å²) < 4.78 is 38.5. The Morgan fingerprint density at radius 3 is 2.87 bits per heavy atom. The number of nitrogens with zero attached hydrogens (tertiary/aromatic N) is 4. The number of aromatic amines is 1. The normalized spacial score (nSPS) is 13.0. The Bertz CT molecular complexity index is 1170. The molecule has 0 spiro atoms. The van der Waals surface area contributed by atoms with E-state index in [4.69, 9.17) is 5.73 Å². The first-order valence-electron chi connectivity index (χ1n) is 9.10. The number of alkyl halides is 3. The fraction of sp³-hybridized carbons (Fsp3) is 0.263. The highest BCUT2D eigenvalue weighted by Gasteiger charge is 2.30. The van der Waals surface area contributed by atoms with Gasteiger partial charge in [0, 0.05) is 35.4 Å². The zero-order valence-corrected chi connectivity index (χ0v) is 16.7. The van der Waals surface area contributed by atoms with Gasteiger partial charge in [-0.05, 0) is 31.0 Å². The monoisotopic (exact) mass is 433 g/mol. The van der Waals surface area contributed by atoms with Gasteiger partial charge in [-0.3, -0.25) is 5.10 Å². The summed E-state index contributed by atoms with van der Waals surface area (Å²) in [6, 6.07) is 6.77. The number of hydrogen-bond acceptors (Lipinski definition) is 7. The van der Waals surface area contributed by atoms with Crippen molar-refractivity contribution in [3.63, 3.8) is 0 Å². The Hall–Kier alpha value is -3.05. The molecule has 0 saturated heterocycles. The Balaban J connectivity index is 1.38. The van der Waals surface area contributed by atoms with E-state index in [9.17, 15) is 13.2 Å². The van der Waals surface area contributed by atoms with Gasteiger partial charge in [-0.25, -0.2) is 4.98 Å². The molecule has 156 valence electrons. The lowest BCUT2D eigenvalue weighted by Crippen LogP contribution is -2.31. The molecule has 0 bridgehead atoms. The van der Waals surface area contributed by atoms with Crippen LogP contribution in [-0.4, -0.2) is 38.0 Å². The van der Waals surface area contributed by atoms with E-state index in [0.29, 0.717) is 34.3 Å². The highest BCUT2D eigenvalue weighted by Crippen LogP contribution is 2.30. The van der Waals surface area contributed by atoms with Crippen LogP contribution in [0.2, 0.25) is 0 Å². The predicted octanol–water partition coefficient (Wildman–Crippen LogP) is 3.79. The number of rotatable bonds is 6. The Morgan fingerprint density at radius 2 is 2.07 bits per heavy atom. The van der Waals surface area contributed by atoms with Crippen molar-refractivity contribution in [3.05, 3.63) is 53.3 Å². The first kappa shape index (κ1) is 20.2. The van der Waals surface area contributed by atoms with Gasteiger partial charge in [-0.1, -0.05) is 29.5 Å². The molecule has 11 heteroatoms. The van der Waals surface area contributed by atoms with Gasteiger partial charge in [0.15, 0.2) is 10.7 Å². The van der Waals surface area contributed by atoms with Crippen molar-refractivity contribution in [2.75, 3.05) is 11.9 Å². The van der Waals surface area contributed by atoms with Crippen LogP contribution >= 0.6 is 11.3 Å². The summed E-state index contributed by atoms with van der Waals surface area (Å²) in [7, 11) is 0. The topological polar surface area (TPSA) is 105 Å². The van der Waals surface area contributed by atoms with Crippen LogP contribution in [-0.2, 0) is 12.6 Å². The minimum atomic E-state index is -4.37. The fourth-order valence-corrected chi connectivity index (χ4v) is 3.75. The van der Waals surface area contributed by atoms with Crippen LogP contribution in [0.1, 0.15) is 16.8 Å². The number of aryl methyl sites for hydroxylation is 1. The molecule has 0 unspecified atom stereocenters. The van der Waals surface area contributed by atoms with Crippen molar-refractivity contribution in [2.45, 2.75) is 25.6 Å². The van der Waals surface area contributed by atoms with Gasteiger partial charge >= 0.3 is 6.18 Å². The molecular weight excluding hydrogens is 415 g/mol. The number of pyridine rings is 1. The summed E-state index contributed by atoms with van der Waals surface area (Å²) >= 11 is 1.35. The molecular formula is C19H18F3N7S. The second-order valence-corrected chi connectivity index (χ2v) is 7.88. The number of halogens is 3. The molecule has 4 rings (SSSR count). The quantitative estimate of drug-likeness (QED) is 0.427. The molecule has 1 atom stereocenters. The van der Waals surface area contributed by atoms with Crippen LogP contribution in [0.25, 0.3) is 21.6 Å². The Labute approximate surface area is 173 Å². The lowest BCUT2D eigenvalue weighted by Gasteiger charge is -2.13. The molecule has 3 aromatic heterocycles. The van der Waals surface area contributed by atoms with Crippen molar-refractivity contribution in [2.24, 2.45) is 5.73 Å². The van der Waals surface area contributed by atoms with Gasteiger partial charge in [0.1, 0.15) is 0 Å². The maximum atomic E-state index is 12.8. The van der Waals surface area contributed by atoms with E-state index in [0.717, 1.165) is 28.8 Å². The second-order valence-electron chi connectivity index (χ2n) is 6.90. The minimum absolute atomic E-state index is 0.308. The second kappa shape index (κ2) is 8.00. The first-order chi connectivity index (χ1) is 14.3. The van der Waals surface area contributed by atoms with Crippen LogP contribution in [0.3, 0.4) is 0 Å². The molecule has 0 aliphatic heterocycles. The van der Waals surface area contributed by atoms with E-state index in [1.54, 1.807) is 12.3 Å². The summed E-state index contributed by atoms with van der Waals surface area (Å²) in [6.07, 6.45) is -2.37. The molecule has 0 aliphatic rings. The van der Waals surface area contributed by atoms with Crippen molar-refractivity contribution in [3.8, 4) is 10.6 Å². The highest BCUT2D eigenvalue weighted by molar-refractivity contribution is 7.18. The molecule has 0 aliphatic carbocycles. The van der Waals surface area contributed by atoms with Gasteiger partial charge in [0.25, 0.3) is 0 Å². The molecule has 3 heterocycles. The van der Waals surface area contributed by atoms with Gasteiger partial charge < -0.3 is 11.1 Å². The van der Waals surface area contributed by atoms with Gasteiger partial charge in [0.2, 0.25) is 5.13 Å². The summed E-state index contributed by atoms with van der Waals surface area (Å²) in [4.78, 5) is 4.31. The summed E-state index contributed by atoms with van der Waals surface area (Å²) in [5.74, 6) is 0. The zero-order valence-electron chi connectivity index (χ0n) is 15.9. The van der Waals surface area contributed by atoms with Crippen molar-refractivity contribution >= 4 is 27.5 Å². The van der Waals surface area contributed by atoms with E-state index >= 15 is 0 Å². The summed E-state index contributed by atoms with van der Waals surface area (Å²) in [6.45, 7) is 2.27. The number of nitrogens with one attached hydrogen (secondary N) is 2. The standard InChI is InChI=1S/C19H18F3N7S/c1-10-15-7-12(8-24-16(15)27-26-10)17-28-29-18(30-17)25-9-14(23)6-11-3-2-4-13(5-11)19(20,21)22/h2-5,7-8,14H,6,9,23H2,1H3,(H,25,29)(H,24,26,27)/t14-/m0/s1.